The van der Waals surface area contributed by atoms with Crippen LogP contribution in [0.2, 0.25) is 10.0 Å². The third-order valence-electron chi connectivity index (χ3n) is 3.38. The molecule has 0 aliphatic rings. The van der Waals surface area contributed by atoms with Crippen LogP contribution in [0.1, 0.15) is 12.8 Å². The summed E-state index contributed by atoms with van der Waals surface area (Å²) in [6.07, 6.45) is 0.545. The molecule has 0 atom stereocenters. The molecule has 0 bridgehead atoms. The molecule has 0 spiro atoms. The lowest BCUT2D eigenvalue weighted by Gasteiger charge is -2.09. The fourth-order valence-electron chi connectivity index (χ4n) is 2.12. The SMILES string of the molecule is COc1ccc(NC(=O)CCCOc2ccc(Cl)cc2Cl)c([N+](=O)[O-])c1. The number of carbonyl (C=O) groups excluding carboxylic acids is 1. The Kier molecular flexibility index (Phi) is 7.06. The summed E-state index contributed by atoms with van der Waals surface area (Å²) in [6, 6.07) is 9.08. The monoisotopic (exact) mass is 398 g/mol. The third kappa shape index (κ3) is 5.50. The summed E-state index contributed by atoms with van der Waals surface area (Å²) in [5.41, 5.74) is -0.121. The van der Waals surface area contributed by atoms with Crippen LogP contribution in [0, 0.1) is 10.1 Å². The number of anilines is 1. The smallest absolute Gasteiger partial charge is 0.296 e. The van der Waals surface area contributed by atoms with Crippen molar-refractivity contribution in [3.63, 3.8) is 0 Å². The summed E-state index contributed by atoms with van der Waals surface area (Å²) < 4.78 is 10.4. The van der Waals surface area contributed by atoms with Crippen LogP contribution >= 0.6 is 23.2 Å². The van der Waals surface area contributed by atoms with Crippen molar-refractivity contribution in [3.8, 4) is 11.5 Å². The van der Waals surface area contributed by atoms with Gasteiger partial charge >= 0.3 is 0 Å². The predicted octanol–water partition coefficient (Wildman–Crippen LogP) is 4.71. The Morgan fingerprint density at radius 1 is 1.23 bits per heavy atom. The van der Waals surface area contributed by atoms with Crippen LogP contribution in [0.15, 0.2) is 36.4 Å². The minimum atomic E-state index is -0.580. The van der Waals surface area contributed by atoms with Crippen molar-refractivity contribution in [2.45, 2.75) is 12.8 Å². The second kappa shape index (κ2) is 9.26. The average molecular weight is 399 g/mol. The molecule has 0 aliphatic heterocycles. The van der Waals surface area contributed by atoms with Crippen molar-refractivity contribution in [2.24, 2.45) is 0 Å². The predicted molar refractivity (Wildman–Crippen MR) is 99.5 cm³/mol. The Morgan fingerprint density at radius 2 is 2.00 bits per heavy atom. The normalized spacial score (nSPS) is 10.3. The van der Waals surface area contributed by atoms with E-state index in [1.54, 1.807) is 18.2 Å². The molecule has 2 aromatic rings. The van der Waals surface area contributed by atoms with E-state index in [4.69, 9.17) is 32.7 Å². The molecule has 0 radical (unpaired) electrons. The van der Waals surface area contributed by atoms with Crippen molar-refractivity contribution in [2.75, 3.05) is 19.0 Å². The van der Waals surface area contributed by atoms with Gasteiger partial charge in [-0.15, -0.1) is 0 Å². The number of nitro groups is 1. The van der Waals surface area contributed by atoms with Crippen LogP contribution < -0.4 is 14.8 Å². The number of halogens is 2. The van der Waals surface area contributed by atoms with E-state index >= 15 is 0 Å². The van der Waals surface area contributed by atoms with Crippen LogP contribution in [0.5, 0.6) is 11.5 Å². The minimum absolute atomic E-state index is 0.113. The van der Waals surface area contributed by atoms with Gasteiger partial charge in [0.2, 0.25) is 5.91 Å². The van der Waals surface area contributed by atoms with Gasteiger partial charge in [0.25, 0.3) is 5.69 Å². The Labute approximate surface area is 160 Å². The molecule has 0 fully saturated rings. The van der Waals surface area contributed by atoms with Crippen molar-refractivity contribution in [3.05, 3.63) is 56.6 Å². The number of benzene rings is 2. The quantitative estimate of drug-likeness (QED) is 0.395. The lowest BCUT2D eigenvalue weighted by Crippen LogP contribution is -2.14. The van der Waals surface area contributed by atoms with Gasteiger partial charge < -0.3 is 14.8 Å². The van der Waals surface area contributed by atoms with E-state index in [0.717, 1.165) is 0 Å². The van der Waals surface area contributed by atoms with E-state index in [0.29, 0.717) is 28.0 Å². The molecule has 2 rings (SSSR count). The van der Waals surface area contributed by atoms with Gasteiger partial charge in [0.05, 0.1) is 29.7 Å². The van der Waals surface area contributed by atoms with Gasteiger partial charge in [0.1, 0.15) is 17.2 Å². The van der Waals surface area contributed by atoms with Crippen molar-refractivity contribution < 1.29 is 19.2 Å². The molecule has 2 aromatic carbocycles. The zero-order chi connectivity index (χ0) is 19.1. The Morgan fingerprint density at radius 3 is 2.65 bits per heavy atom. The van der Waals surface area contributed by atoms with Crippen molar-refractivity contribution in [1.29, 1.82) is 0 Å². The third-order valence-corrected chi connectivity index (χ3v) is 3.91. The van der Waals surface area contributed by atoms with Crippen LogP contribution in [0.3, 0.4) is 0 Å². The van der Waals surface area contributed by atoms with E-state index in [1.165, 1.54) is 25.3 Å². The lowest BCUT2D eigenvalue weighted by molar-refractivity contribution is -0.384. The molecular formula is C17H16Cl2N2O5. The number of methoxy groups -OCH3 is 1. The molecule has 1 N–H and O–H groups in total. The Hall–Kier alpha value is -2.51. The first-order chi connectivity index (χ1) is 12.4. The highest BCUT2D eigenvalue weighted by Crippen LogP contribution is 2.29. The summed E-state index contributed by atoms with van der Waals surface area (Å²) in [4.78, 5) is 22.5. The van der Waals surface area contributed by atoms with E-state index in [-0.39, 0.29) is 30.3 Å². The molecule has 0 heterocycles. The number of ether oxygens (including phenoxy) is 2. The van der Waals surface area contributed by atoms with Gasteiger partial charge in [-0.25, -0.2) is 0 Å². The molecule has 0 aromatic heterocycles. The molecule has 0 aliphatic carbocycles. The Bertz CT molecular complexity index is 814. The van der Waals surface area contributed by atoms with Crippen LogP contribution in [0.4, 0.5) is 11.4 Å². The molecule has 7 nitrogen and oxygen atoms in total. The van der Waals surface area contributed by atoms with Gasteiger partial charge in [-0.2, -0.15) is 0 Å². The van der Waals surface area contributed by atoms with Gasteiger partial charge in [-0.05, 0) is 36.8 Å². The number of rotatable bonds is 8. The van der Waals surface area contributed by atoms with Gasteiger partial charge in [-0.3, -0.25) is 14.9 Å². The van der Waals surface area contributed by atoms with E-state index in [2.05, 4.69) is 5.32 Å². The Balaban J connectivity index is 1.86. The minimum Gasteiger partial charge on any atom is -0.496 e. The molecule has 1 amide bonds. The second-order valence-electron chi connectivity index (χ2n) is 5.22. The molecule has 0 saturated carbocycles. The molecular weight excluding hydrogens is 383 g/mol. The maximum atomic E-state index is 12.0. The first-order valence-electron chi connectivity index (χ1n) is 7.61. The highest BCUT2D eigenvalue weighted by Gasteiger charge is 2.17. The highest BCUT2D eigenvalue weighted by atomic mass is 35.5. The molecule has 0 saturated heterocycles. The number of nitrogens with zero attached hydrogens (tertiary/aromatic N) is 1. The maximum absolute atomic E-state index is 12.0. The van der Waals surface area contributed by atoms with E-state index in [1.807, 2.05) is 0 Å². The number of carbonyl (C=O) groups is 1. The van der Waals surface area contributed by atoms with Crippen LogP contribution in [-0.4, -0.2) is 24.5 Å². The largest absolute Gasteiger partial charge is 0.496 e. The van der Waals surface area contributed by atoms with Gasteiger partial charge in [-0.1, -0.05) is 23.2 Å². The lowest BCUT2D eigenvalue weighted by atomic mass is 10.2. The highest BCUT2D eigenvalue weighted by molar-refractivity contribution is 6.35. The fourth-order valence-corrected chi connectivity index (χ4v) is 2.58. The number of amides is 1. The van der Waals surface area contributed by atoms with Crippen molar-refractivity contribution >= 4 is 40.5 Å². The average Bonchev–Trinajstić information content (AvgIpc) is 2.60. The maximum Gasteiger partial charge on any atom is 0.296 e. The standard InChI is InChI=1S/C17H16Cl2N2O5/c1-25-12-5-6-14(15(10-12)21(23)24)20-17(22)3-2-8-26-16-7-4-11(18)9-13(16)19/h4-7,9-10H,2-3,8H2,1H3,(H,20,22). The zero-order valence-corrected chi connectivity index (χ0v) is 15.3. The molecule has 138 valence electrons. The summed E-state index contributed by atoms with van der Waals surface area (Å²) in [5, 5.41) is 14.5. The summed E-state index contributed by atoms with van der Waals surface area (Å²) in [7, 11) is 1.41. The molecule has 0 unspecified atom stereocenters. The summed E-state index contributed by atoms with van der Waals surface area (Å²) in [6.45, 7) is 0.263. The second-order valence-corrected chi connectivity index (χ2v) is 6.06. The number of hydrogen-bond acceptors (Lipinski definition) is 5. The first-order valence-corrected chi connectivity index (χ1v) is 8.36. The summed E-state index contributed by atoms with van der Waals surface area (Å²) in [5.74, 6) is 0.453. The topological polar surface area (TPSA) is 90.7 Å². The van der Waals surface area contributed by atoms with Crippen LogP contribution in [-0.2, 0) is 4.79 Å². The molecule has 26 heavy (non-hydrogen) atoms. The fraction of sp³-hybridized carbons (Fsp3) is 0.235. The summed E-state index contributed by atoms with van der Waals surface area (Å²) >= 11 is 11.8. The number of nitro benzene ring substituents is 1. The van der Waals surface area contributed by atoms with E-state index < -0.39 is 4.92 Å². The van der Waals surface area contributed by atoms with Gasteiger partial charge in [0.15, 0.2) is 0 Å². The van der Waals surface area contributed by atoms with Gasteiger partial charge in [0, 0.05) is 11.4 Å². The molecule has 9 heteroatoms. The first kappa shape index (κ1) is 19.8. The van der Waals surface area contributed by atoms with E-state index in [9.17, 15) is 14.9 Å². The van der Waals surface area contributed by atoms with Crippen molar-refractivity contribution in [1.82, 2.24) is 0 Å². The zero-order valence-electron chi connectivity index (χ0n) is 13.8. The number of nitrogens with one attached hydrogen (secondary N) is 1. The van der Waals surface area contributed by atoms with Crippen LogP contribution in [0.25, 0.3) is 0 Å². The number of hydrogen-bond donors (Lipinski definition) is 1.